The van der Waals surface area contributed by atoms with Gasteiger partial charge in [0.2, 0.25) is 0 Å². The highest BCUT2D eigenvalue weighted by molar-refractivity contribution is 5.95. The number of benzene rings is 1. The minimum atomic E-state index is -0.751. The van der Waals surface area contributed by atoms with E-state index in [2.05, 4.69) is 6.58 Å². The van der Waals surface area contributed by atoms with Crippen molar-refractivity contribution in [1.29, 1.82) is 0 Å². The third-order valence-corrected chi connectivity index (χ3v) is 6.74. The van der Waals surface area contributed by atoms with Crippen LogP contribution in [0, 0.1) is 5.21 Å². The van der Waals surface area contributed by atoms with Gasteiger partial charge in [-0.05, 0) is 23.3 Å². The molecule has 6 atom stereocenters. The van der Waals surface area contributed by atoms with Gasteiger partial charge in [-0.25, -0.2) is 0 Å². The summed E-state index contributed by atoms with van der Waals surface area (Å²) in [6.07, 6.45) is 2.12. The Bertz CT molecular complexity index is 779. The summed E-state index contributed by atoms with van der Waals surface area (Å²) in [7, 11) is 0. The van der Waals surface area contributed by atoms with E-state index in [-0.39, 0.29) is 22.6 Å². The van der Waals surface area contributed by atoms with Gasteiger partial charge in [0.05, 0.1) is 18.6 Å². The fourth-order valence-corrected chi connectivity index (χ4v) is 5.79. The third-order valence-electron chi connectivity index (χ3n) is 6.74. The lowest BCUT2D eigenvalue weighted by Gasteiger charge is -2.69. The second-order valence-electron chi connectivity index (χ2n) is 7.64. The number of carbonyl (C=O) groups is 1. The molecule has 4 fully saturated rings. The van der Waals surface area contributed by atoms with Crippen LogP contribution in [0.3, 0.4) is 0 Å². The first-order chi connectivity index (χ1) is 12.0. The largest absolute Gasteiger partial charge is 0.634 e. The number of hydrogen-bond acceptors (Lipinski definition) is 5. The molecule has 1 saturated carbocycles. The zero-order valence-corrected chi connectivity index (χ0v) is 13.9. The number of ketones is 1. The van der Waals surface area contributed by atoms with Crippen LogP contribution in [0.1, 0.15) is 24.0 Å². The average molecular weight is 343 g/mol. The van der Waals surface area contributed by atoms with Gasteiger partial charge in [-0.15, -0.1) is 6.58 Å². The maximum absolute atomic E-state index is 12.8. The first kappa shape index (κ1) is 15.5. The SMILES string of the molecule is C=CCO[C@@]12CC3O[C@@H](C3=O)[C@@]13CC[NH+]([O-])[C@@H]2Cc1ccc(O)cc13. The summed E-state index contributed by atoms with van der Waals surface area (Å²) >= 11 is 0. The predicted molar refractivity (Wildman–Crippen MR) is 88.3 cm³/mol. The van der Waals surface area contributed by atoms with Gasteiger partial charge >= 0.3 is 0 Å². The number of aromatic hydroxyl groups is 1. The number of quaternary nitrogens is 1. The normalized spacial score (nSPS) is 43.6. The van der Waals surface area contributed by atoms with E-state index >= 15 is 0 Å². The van der Waals surface area contributed by atoms with E-state index in [4.69, 9.17) is 9.47 Å². The summed E-state index contributed by atoms with van der Waals surface area (Å²) < 4.78 is 12.3. The van der Waals surface area contributed by atoms with Crippen molar-refractivity contribution in [3.63, 3.8) is 0 Å². The lowest BCUT2D eigenvalue weighted by molar-refractivity contribution is -0.896. The smallest absolute Gasteiger partial charge is 0.191 e. The second-order valence-corrected chi connectivity index (χ2v) is 7.64. The number of phenolic OH excluding ortho intramolecular Hbond substituents is 1. The van der Waals surface area contributed by atoms with Crippen LogP contribution in [-0.4, -0.2) is 47.9 Å². The zero-order chi connectivity index (χ0) is 17.4. The quantitative estimate of drug-likeness (QED) is 0.597. The number of piperidine rings is 1. The summed E-state index contributed by atoms with van der Waals surface area (Å²) in [5.41, 5.74) is 0.471. The summed E-state index contributed by atoms with van der Waals surface area (Å²) in [5, 5.41) is 23.1. The Kier molecular flexibility index (Phi) is 3.05. The van der Waals surface area contributed by atoms with Gasteiger partial charge in [-0.2, -0.15) is 0 Å². The van der Waals surface area contributed by atoms with Crippen LogP contribution in [0.2, 0.25) is 0 Å². The van der Waals surface area contributed by atoms with Crippen molar-refractivity contribution in [2.24, 2.45) is 0 Å². The number of nitrogens with one attached hydrogen (secondary N) is 1. The summed E-state index contributed by atoms with van der Waals surface area (Å²) in [4.78, 5) is 12.6. The topological polar surface area (TPSA) is 83.3 Å². The van der Waals surface area contributed by atoms with Gasteiger partial charge in [0.15, 0.2) is 5.78 Å². The zero-order valence-electron chi connectivity index (χ0n) is 13.9. The van der Waals surface area contributed by atoms with E-state index in [1.54, 1.807) is 18.2 Å². The van der Waals surface area contributed by atoms with E-state index in [0.717, 1.165) is 11.1 Å². The number of fused-ring (bicyclic) bond motifs is 1. The molecule has 2 N–H and O–H groups in total. The molecule has 0 amide bonds. The molecule has 0 spiro atoms. The summed E-state index contributed by atoms with van der Waals surface area (Å²) in [6.45, 7) is 4.49. The maximum atomic E-state index is 12.8. The van der Waals surface area contributed by atoms with E-state index in [1.165, 1.54) is 0 Å². The standard InChI is InChI=1S/C19H21NO5/c1-2-7-24-19-10-14-16(22)17(25-14)18(19)5-6-20(23)15(19)8-11-3-4-12(21)9-13(11)18/h2-4,9,14-15,17,20-21H,1,5-8,10H2/t14?,15-,17+,18+,19-/m1/s1. The number of hydrogen-bond donors (Lipinski definition) is 2. The molecule has 6 nitrogen and oxygen atoms in total. The maximum Gasteiger partial charge on any atom is 0.191 e. The lowest BCUT2D eigenvalue weighted by Crippen LogP contribution is -3.18. The van der Waals surface area contributed by atoms with E-state index < -0.39 is 23.2 Å². The molecule has 6 rings (SSSR count). The molecule has 1 aromatic rings. The minimum absolute atomic E-state index is 0.0992. The van der Waals surface area contributed by atoms with Crippen molar-refractivity contribution < 1.29 is 24.4 Å². The van der Waals surface area contributed by atoms with Crippen molar-refractivity contribution in [3.8, 4) is 5.75 Å². The van der Waals surface area contributed by atoms with E-state index in [1.807, 2.05) is 6.07 Å². The van der Waals surface area contributed by atoms with E-state index in [0.29, 0.717) is 32.4 Å². The van der Waals surface area contributed by atoms with Crippen LogP contribution in [0.25, 0.3) is 0 Å². The first-order valence-corrected chi connectivity index (χ1v) is 8.82. The molecular formula is C19H21NO5. The molecule has 1 aromatic carbocycles. The molecule has 5 aliphatic rings. The van der Waals surface area contributed by atoms with Crippen LogP contribution in [-0.2, 0) is 26.1 Å². The number of rotatable bonds is 3. The molecule has 2 aliphatic carbocycles. The van der Waals surface area contributed by atoms with Gasteiger partial charge in [-0.3, -0.25) is 4.79 Å². The van der Waals surface area contributed by atoms with Gasteiger partial charge in [0.1, 0.15) is 29.6 Å². The van der Waals surface area contributed by atoms with Gasteiger partial charge < -0.3 is 24.9 Å². The number of ether oxygens (including phenoxy) is 2. The summed E-state index contributed by atoms with van der Waals surface area (Å²) in [6, 6.07) is 4.97. The van der Waals surface area contributed by atoms with Crippen LogP contribution in [0.5, 0.6) is 5.75 Å². The van der Waals surface area contributed by atoms with Crippen molar-refractivity contribution in [1.82, 2.24) is 0 Å². The second kappa shape index (κ2) is 4.92. The highest BCUT2D eigenvalue weighted by Gasteiger charge is 2.77. The minimum Gasteiger partial charge on any atom is -0.634 e. The van der Waals surface area contributed by atoms with Gasteiger partial charge in [0.25, 0.3) is 0 Å². The van der Waals surface area contributed by atoms with Crippen LogP contribution in [0.4, 0.5) is 0 Å². The van der Waals surface area contributed by atoms with Crippen LogP contribution < -0.4 is 5.06 Å². The number of hydroxylamine groups is 2. The fraction of sp³-hybridized carbons (Fsp3) is 0.526. The number of Topliss-reactive ketones (excluding diaryl/α,β-unsaturated/α-hetero) is 1. The van der Waals surface area contributed by atoms with E-state index in [9.17, 15) is 15.1 Å². The highest BCUT2D eigenvalue weighted by Crippen LogP contribution is 2.61. The number of carbonyl (C=O) groups excluding carboxylic acids is 1. The van der Waals surface area contributed by atoms with Crippen molar-refractivity contribution in [2.45, 2.75) is 48.5 Å². The Morgan fingerprint density at radius 1 is 1.52 bits per heavy atom. The van der Waals surface area contributed by atoms with Gasteiger partial charge in [0, 0.05) is 19.3 Å². The fourth-order valence-electron chi connectivity index (χ4n) is 5.79. The average Bonchev–Trinajstić information content (AvgIpc) is 2.62. The Labute approximate surface area is 145 Å². The van der Waals surface area contributed by atoms with Crippen LogP contribution >= 0.6 is 0 Å². The Morgan fingerprint density at radius 2 is 2.36 bits per heavy atom. The third kappa shape index (κ3) is 1.66. The predicted octanol–water partition coefficient (Wildman–Crippen LogP) is 0.0227. The summed E-state index contributed by atoms with van der Waals surface area (Å²) in [5.74, 6) is 0.261. The Balaban J connectivity index is 1.78. The molecule has 4 bridgehead atoms. The van der Waals surface area contributed by atoms with Crippen molar-refractivity contribution >= 4 is 5.78 Å². The molecule has 25 heavy (non-hydrogen) atoms. The monoisotopic (exact) mass is 343 g/mol. The molecule has 0 radical (unpaired) electrons. The van der Waals surface area contributed by atoms with Crippen molar-refractivity contribution in [2.75, 3.05) is 13.2 Å². The van der Waals surface area contributed by atoms with Gasteiger partial charge in [-0.1, -0.05) is 12.1 Å². The van der Waals surface area contributed by atoms with Crippen LogP contribution in [0.15, 0.2) is 30.9 Å². The molecule has 3 heterocycles. The molecule has 3 aliphatic heterocycles. The first-order valence-electron chi connectivity index (χ1n) is 8.82. The Hall–Kier alpha value is -1.73. The molecular weight excluding hydrogens is 322 g/mol. The molecule has 3 saturated heterocycles. The Morgan fingerprint density at radius 3 is 3.12 bits per heavy atom. The molecule has 132 valence electrons. The lowest BCUT2D eigenvalue weighted by atomic mass is 9.46. The number of phenols is 1. The molecule has 6 heteroatoms. The van der Waals surface area contributed by atoms with Crippen molar-refractivity contribution in [3.05, 3.63) is 47.2 Å². The molecule has 2 unspecified atom stereocenters. The highest BCUT2D eigenvalue weighted by atomic mass is 16.6. The molecule has 0 aromatic heterocycles.